The van der Waals surface area contributed by atoms with Crippen molar-refractivity contribution in [2.24, 2.45) is 0 Å². The Kier molecular flexibility index (Phi) is 3.48. The van der Waals surface area contributed by atoms with Crippen molar-refractivity contribution in [3.8, 4) is 11.3 Å². The molecule has 3 aromatic rings. The number of H-pyrrole nitrogens is 1. The van der Waals surface area contributed by atoms with Gasteiger partial charge in [0, 0.05) is 28.9 Å². The summed E-state index contributed by atoms with van der Waals surface area (Å²) in [4.78, 5) is 4.38. The molecule has 3 rings (SSSR count). The number of benzene rings is 1. The summed E-state index contributed by atoms with van der Waals surface area (Å²) in [6.07, 6.45) is 4.12. The molecule has 0 aliphatic carbocycles. The van der Waals surface area contributed by atoms with E-state index < -0.39 is 0 Å². The Morgan fingerprint density at radius 1 is 1.20 bits per heavy atom. The van der Waals surface area contributed by atoms with Crippen molar-refractivity contribution >= 4 is 11.6 Å². The summed E-state index contributed by atoms with van der Waals surface area (Å²) in [6.45, 7) is 0. The van der Waals surface area contributed by atoms with Crippen LogP contribution in [0.1, 0.15) is 11.3 Å². The fourth-order valence-corrected chi connectivity index (χ4v) is 2.19. The number of halogens is 2. The monoisotopic (exact) mass is 287 g/mol. The van der Waals surface area contributed by atoms with E-state index >= 15 is 0 Å². The van der Waals surface area contributed by atoms with Gasteiger partial charge in [-0.05, 0) is 29.8 Å². The molecule has 0 bridgehead atoms. The van der Waals surface area contributed by atoms with Gasteiger partial charge in [-0.3, -0.25) is 5.10 Å². The second-order valence-electron chi connectivity index (χ2n) is 4.43. The summed E-state index contributed by atoms with van der Waals surface area (Å²) in [7, 11) is 0. The number of aromatic nitrogens is 3. The summed E-state index contributed by atoms with van der Waals surface area (Å²) in [5, 5.41) is 7.19. The average molecular weight is 288 g/mol. The molecule has 20 heavy (non-hydrogen) atoms. The van der Waals surface area contributed by atoms with E-state index in [1.54, 1.807) is 42.7 Å². The maximum absolute atomic E-state index is 13.9. The van der Waals surface area contributed by atoms with E-state index in [1.165, 1.54) is 6.07 Å². The Bertz CT molecular complexity index is 726. The fourth-order valence-electron chi connectivity index (χ4n) is 2.00. The summed E-state index contributed by atoms with van der Waals surface area (Å²) in [5.41, 5.74) is 2.77. The summed E-state index contributed by atoms with van der Waals surface area (Å²) >= 11 is 5.94. The summed E-state index contributed by atoms with van der Waals surface area (Å²) < 4.78 is 13.9. The molecule has 0 atom stereocenters. The number of nitrogens with zero attached hydrogens (tertiary/aromatic N) is 2. The molecular formula is C15H11ClFN3. The highest BCUT2D eigenvalue weighted by Gasteiger charge is 2.09. The number of rotatable bonds is 3. The van der Waals surface area contributed by atoms with Gasteiger partial charge >= 0.3 is 0 Å². The topological polar surface area (TPSA) is 41.6 Å². The highest BCUT2D eigenvalue weighted by Crippen LogP contribution is 2.24. The molecule has 0 spiro atoms. The molecule has 0 fully saturated rings. The molecular weight excluding hydrogens is 277 g/mol. The zero-order valence-corrected chi connectivity index (χ0v) is 11.2. The van der Waals surface area contributed by atoms with E-state index in [4.69, 9.17) is 11.6 Å². The van der Waals surface area contributed by atoms with E-state index in [0.29, 0.717) is 22.7 Å². The van der Waals surface area contributed by atoms with Gasteiger partial charge in [-0.25, -0.2) is 9.37 Å². The lowest BCUT2D eigenvalue weighted by Gasteiger charge is -2.06. The van der Waals surface area contributed by atoms with Gasteiger partial charge in [-0.15, -0.1) is 0 Å². The zero-order chi connectivity index (χ0) is 13.9. The predicted molar refractivity (Wildman–Crippen MR) is 76.0 cm³/mol. The third-order valence-electron chi connectivity index (χ3n) is 2.94. The SMILES string of the molecule is Fc1ccc(Cc2cn[nH]c2)nc1-c1cccc(Cl)c1. The molecule has 0 saturated heterocycles. The minimum atomic E-state index is -0.358. The number of pyridine rings is 1. The Morgan fingerprint density at radius 2 is 2.10 bits per heavy atom. The molecule has 0 saturated carbocycles. The third-order valence-corrected chi connectivity index (χ3v) is 3.18. The van der Waals surface area contributed by atoms with Crippen LogP contribution < -0.4 is 0 Å². The molecule has 0 amide bonds. The van der Waals surface area contributed by atoms with Gasteiger partial charge in [0.2, 0.25) is 0 Å². The Morgan fingerprint density at radius 3 is 2.85 bits per heavy atom. The van der Waals surface area contributed by atoms with Gasteiger partial charge in [0.1, 0.15) is 11.5 Å². The average Bonchev–Trinajstić information content (AvgIpc) is 2.94. The second kappa shape index (κ2) is 5.43. The molecule has 0 unspecified atom stereocenters. The Hall–Kier alpha value is -2.20. The first-order chi connectivity index (χ1) is 9.72. The van der Waals surface area contributed by atoms with Gasteiger partial charge in [0.25, 0.3) is 0 Å². The van der Waals surface area contributed by atoms with Crippen LogP contribution in [-0.2, 0) is 6.42 Å². The number of aromatic amines is 1. The molecule has 3 nitrogen and oxygen atoms in total. The van der Waals surface area contributed by atoms with Crippen molar-refractivity contribution in [2.45, 2.75) is 6.42 Å². The van der Waals surface area contributed by atoms with Crippen LogP contribution in [0.4, 0.5) is 4.39 Å². The third kappa shape index (κ3) is 2.70. The largest absolute Gasteiger partial charge is 0.285 e. The molecule has 0 aliphatic rings. The van der Waals surface area contributed by atoms with Crippen molar-refractivity contribution in [1.29, 1.82) is 0 Å². The van der Waals surface area contributed by atoms with Crippen LogP contribution in [0.15, 0.2) is 48.8 Å². The van der Waals surface area contributed by atoms with Gasteiger partial charge < -0.3 is 0 Å². The van der Waals surface area contributed by atoms with Crippen LogP contribution in [0.25, 0.3) is 11.3 Å². The summed E-state index contributed by atoms with van der Waals surface area (Å²) in [6, 6.07) is 10.1. The van der Waals surface area contributed by atoms with Crippen molar-refractivity contribution in [2.75, 3.05) is 0 Å². The molecule has 1 N–H and O–H groups in total. The molecule has 2 aromatic heterocycles. The van der Waals surface area contributed by atoms with E-state index in [9.17, 15) is 4.39 Å². The van der Waals surface area contributed by atoms with Crippen molar-refractivity contribution in [3.05, 3.63) is 70.9 Å². The number of nitrogens with one attached hydrogen (secondary N) is 1. The van der Waals surface area contributed by atoms with Crippen LogP contribution in [0.5, 0.6) is 0 Å². The molecule has 5 heteroatoms. The van der Waals surface area contributed by atoms with Gasteiger partial charge in [-0.1, -0.05) is 23.7 Å². The Labute approximate surface area is 120 Å². The molecule has 100 valence electrons. The normalized spacial score (nSPS) is 10.7. The van der Waals surface area contributed by atoms with E-state index in [2.05, 4.69) is 15.2 Å². The first kappa shape index (κ1) is 12.8. The molecule has 0 radical (unpaired) electrons. The Balaban J connectivity index is 1.98. The quantitative estimate of drug-likeness (QED) is 0.795. The van der Waals surface area contributed by atoms with Crippen molar-refractivity contribution in [1.82, 2.24) is 15.2 Å². The highest BCUT2D eigenvalue weighted by atomic mass is 35.5. The van der Waals surface area contributed by atoms with Crippen LogP contribution in [0.3, 0.4) is 0 Å². The van der Waals surface area contributed by atoms with Crippen LogP contribution >= 0.6 is 11.6 Å². The van der Waals surface area contributed by atoms with E-state index in [0.717, 1.165) is 11.3 Å². The lowest BCUT2D eigenvalue weighted by atomic mass is 10.1. The van der Waals surface area contributed by atoms with Crippen molar-refractivity contribution in [3.63, 3.8) is 0 Å². The summed E-state index contributed by atoms with van der Waals surface area (Å²) in [5.74, 6) is -0.358. The fraction of sp³-hybridized carbons (Fsp3) is 0.0667. The van der Waals surface area contributed by atoms with Gasteiger partial charge in [0.05, 0.1) is 6.20 Å². The van der Waals surface area contributed by atoms with Crippen LogP contribution in [0.2, 0.25) is 5.02 Å². The standard InChI is InChI=1S/C15H11ClFN3/c16-12-3-1-2-11(7-12)15-14(17)5-4-13(20-15)6-10-8-18-19-9-10/h1-5,7-9H,6H2,(H,18,19). The maximum atomic E-state index is 13.9. The lowest BCUT2D eigenvalue weighted by molar-refractivity contribution is 0.624. The first-order valence-electron chi connectivity index (χ1n) is 6.11. The number of hydrogen-bond acceptors (Lipinski definition) is 2. The first-order valence-corrected chi connectivity index (χ1v) is 6.49. The number of hydrogen-bond donors (Lipinski definition) is 1. The van der Waals surface area contributed by atoms with Crippen LogP contribution in [0, 0.1) is 5.82 Å². The predicted octanol–water partition coefficient (Wildman–Crippen LogP) is 3.86. The van der Waals surface area contributed by atoms with E-state index in [-0.39, 0.29) is 5.82 Å². The minimum Gasteiger partial charge on any atom is -0.285 e. The molecule has 0 aliphatic heterocycles. The van der Waals surface area contributed by atoms with Crippen LogP contribution in [-0.4, -0.2) is 15.2 Å². The second-order valence-corrected chi connectivity index (χ2v) is 4.86. The highest BCUT2D eigenvalue weighted by molar-refractivity contribution is 6.30. The zero-order valence-electron chi connectivity index (χ0n) is 10.5. The smallest absolute Gasteiger partial charge is 0.149 e. The van der Waals surface area contributed by atoms with Gasteiger partial charge in [-0.2, -0.15) is 5.10 Å². The molecule has 2 heterocycles. The molecule has 1 aromatic carbocycles. The minimum absolute atomic E-state index is 0.313. The van der Waals surface area contributed by atoms with E-state index in [1.807, 2.05) is 0 Å². The van der Waals surface area contributed by atoms with Gasteiger partial charge in [0.15, 0.2) is 0 Å². The maximum Gasteiger partial charge on any atom is 0.149 e. The van der Waals surface area contributed by atoms with Crippen molar-refractivity contribution < 1.29 is 4.39 Å². The lowest BCUT2D eigenvalue weighted by Crippen LogP contribution is -1.96.